The van der Waals surface area contributed by atoms with Gasteiger partial charge >= 0.3 is 0 Å². The molecular weight excluding hydrogens is 355 g/mol. The zero-order valence-corrected chi connectivity index (χ0v) is 14.5. The molecule has 0 radical (unpaired) electrons. The summed E-state index contributed by atoms with van der Waals surface area (Å²) in [6.45, 7) is 8.83. The molecule has 1 heterocycles. The number of hydrogen-bond acceptors (Lipinski definition) is 3. The molecule has 0 amide bonds. The first-order valence-electron chi connectivity index (χ1n) is 6.65. The molecule has 1 atom stereocenters. The molecule has 1 unspecified atom stereocenters. The highest BCUT2D eigenvalue weighted by atomic mass is 127. The van der Waals surface area contributed by atoms with E-state index in [-0.39, 0.29) is 24.0 Å². The molecule has 0 aliphatic heterocycles. The normalized spacial score (nSPS) is 12.9. The van der Waals surface area contributed by atoms with Crippen molar-refractivity contribution in [2.45, 2.75) is 59.5 Å². The Labute approximate surface area is 132 Å². The highest BCUT2D eigenvalue weighted by Crippen LogP contribution is 2.16. The van der Waals surface area contributed by atoms with Crippen LogP contribution in [0.5, 0.6) is 0 Å². The van der Waals surface area contributed by atoms with Gasteiger partial charge in [0.15, 0.2) is 5.96 Å². The van der Waals surface area contributed by atoms with E-state index in [0.717, 1.165) is 36.3 Å². The molecule has 5 nitrogen and oxygen atoms in total. The highest BCUT2D eigenvalue weighted by Gasteiger charge is 2.12. The minimum atomic E-state index is 0. The maximum atomic E-state index is 5.84. The van der Waals surface area contributed by atoms with E-state index in [0.29, 0.717) is 18.5 Å². The minimum absolute atomic E-state index is 0. The van der Waals surface area contributed by atoms with Gasteiger partial charge in [0.2, 0.25) is 0 Å². The van der Waals surface area contributed by atoms with Crippen molar-refractivity contribution in [3.8, 4) is 0 Å². The van der Waals surface area contributed by atoms with Crippen molar-refractivity contribution < 1.29 is 4.52 Å². The molecule has 0 spiro atoms. The quantitative estimate of drug-likeness (QED) is 0.452. The van der Waals surface area contributed by atoms with Gasteiger partial charge in [0.05, 0.1) is 12.2 Å². The summed E-state index contributed by atoms with van der Waals surface area (Å²) in [5.41, 5.74) is 7.89. The number of aryl methyl sites for hydroxylation is 2. The van der Waals surface area contributed by atoms with Crippen molar-refractivity contribution >= 4 is 29.9 Å². The molecule has 0 aliphatic rings. The van der Waals surface area contributed by atoms with Crippen molar-refractivity contribution in [1.29, 1.82) is 0 Å². The molecule has 19 heavy (non-hydrogen) atoms. The number of nitrogens with two attached hydrogens (primary N) is 1. The van der Waals surface area contributed by atoms with Crippen molar-refractivity contribution in [1.82, 2.24) is 10.5 Å². The number of aromatic nitrogens is 1. The highest BCUT2D eigenvalue weighted by molar-refractivity contribution is 14.0. The molecule has 0 bridgehead atoms. The van der Waals surface area contributed by atoms with Gasteiger partial charge in [-0.3, -0.25) is 0 Å². The summed E-state index contributed by atoms with van der Waals surface area (Å²) in [7, 11) is 0. The first-order valence-corrected chi connectivity index (χ1v) is 6.65. The number of nitrogens with zero attached hydrogens (tertiary/aromatic N) is 2. The largest absolute Gasteiger partial charge is 0.370 e. The van der Waals surface area contributed by atoms with Gasteiger partial charge in [0.25, 0.3) is 0 Å². The predicted octanol–water partition coefficient (Wildman–Crippen LogP) is 2.62. The molecule has 1 aromatic rings. The van der Waals surface area contributed by atoms with Gasteiger partial charge in [-0.25, -0.2) is 4.99 Å². The lowest BCUT2D eigenvalue weighted by Gasteiger charge is -2.11. The van der Waals surface area contributed by atoms with Crippen LogP contribution in [0.4, 0.5) is 0 Å². The molecule has 0 aromatic carbocycles. The zero-order chi connectivity index (χ0) is 13.5. The van der Waals surface area contributed by atoms with E-state index in [1.54, 1.807) is 0 Å². The van der Waals surface area contributed by atoms with E-state index in [1.165, 1.54) is 0 Å². The topological polar surface area (TPSA) is 76.4 Å². The van der Waals surface area contributed by atoms with Crippen LogP contribution < -0.4 is 11.1 Å². The smallest absolute Gasteiger partial charge is 0.189 e. The molecule has 0 aliphatic carbocycles. The Balaban J connectivity index is 0.00000324. The third-order valence-corrected chi connectivity index (χ3v) is 3.02. The van der Waals surface area contributed by atoms with Crippen molar-refractivity contribution in [3.05, 3.63) is 17.0 Å². The Morgan fingerprint density at radius 3 is 2.58 bits per heavy atom. The molecule has 110 valence electrons. The lowest BCUT2D eigenvalue weighted by Crippen LogP contribution is -2.38. The van der Waals surface area contributed by atoms with E-state index in [2.05, 4.69) is 36.2 Å². The van der Waals surface area contributed by atoms with E-state index in [1.807, 2.05) is 6.92 Å². The average molecular weight is 380 g/mol. The molecule has 0 fully saturated rings. The van der Waals surface area contributed by atoms with Crippen molar-refractivity contribution in [3.63, 3.8) is 0 Å². The second-order valence-corrected chi connectivity index (χ2v) is 4.39. The SMILES string of the molecule is CCc1noc(CC)c1CN=C(N)NC(C)CC.I. The number of hydrogen-bond donors (Lipinski definition) is 2. The molecule has 6 heteroatoms. The molecule has 1 rings (SSSR count). The lowest BCUT2D eigenvalue weighted by atomic mass is 10.1. The van der Waals surface area contributed by atoms with Crippen LogP contribution in [-0.4, -0.2) is 17.2 Å². The van der Waals surface area contributed by atoms with Gasteiger partial charge in [0.1, 0.15) is 5.76 Å². The lowest BCUT2D eigenvalue weighted by molar-refractivity contribution is 0.380. The Bertz CT molecular complexity index is 382. The second kappa shape index (κ2) is 9.17. The van der Waals surface area contributed by atoms with E-state index < -0.39 is 0 Å². The van der Waals surface area contributed by atoms with Gasteiger partial charge in [-0.05, 0) is 19.8 Å². The number of guanidine groups is 1. The average Bonchev–Trinajstić information content (AvgIpc) is 2.77. The number of rotatable bonds is 6. The first kappa shape index (κ1) is 18.2. The summed E-state index contributed by atoms with van der Waals surface area (Å²) in [5.74, 6) is 1.39. The molecule has 3 N–H and O–H groups in total. The summed E-state index contributed by atoms with van der Waals surface area (Å²) in [6, 6.07) is 0.340. The second-order valence-electron chi connectivity index (χ2n) is 4.39. The van der Waals surface area contributed by atoms with Crippen LogP contribution in [-0.2, 0) is 19.4 Å². The summed E-state index contributed by atoms with van der Waals surface area (Å²) < 4.78 is 5.29. The maximum Gasteiger partial charge on any atom is 0.189 e. The van der Waals surface area contributed by atoms with Gasteiger partial charge in [-0.1, -0.05) is 25.9 Å². The molecular formula is C13H25IN4O. The number of nitrogens with one attached hydrogen (secondary N) is 1. The maximum absolute atomic E-state index is 5.84. The van der Waals surface area contributed by atoms with E-state index >= 15 is 0 Å². The van der Waals surface area contributed by atoms with Crippen molar-refractivity contribution in [2.24, 2.45) is 10.7 Å². The minimum Gasteiger partial charge on any atom is -0.370 e. The van der Waals surface area contributed by atoms with Gasteiger partial charge in [0, 0.05) is 18.0 Å². The Hall–Kier alpha value is -0.790. The standard InChI is InChI=1S/C13H24N4O.HI/c1-5-9(4)16-13(14)15-8-10-11(6-2)17-18-12(10)7-3;/h9H,5-8H2,1-4H3,(H3,14,15,16);1H. The molecule has 0 saturated carbocycles. The van der Waals surface area contributed by atoms with Crippen LogP contribution in [0.1, 0.15) is 51.1 Å². The number of aliphatic imine (C=N–C) groups is 1. The summed E-state index contributed by atoms with van der Waals surface area (Å²) in [5, 5.41) is 7.20. The Morgan fingerprint density at radius 2 is 2.05 bits per heavy atom. The van der Waals surface area contributed by atoms with E-state index in [9.17, 15) is 0 Å². The Morgan fingerprint density at radius 1 is 1.37 bits per heavy atom. The Kier molecular flexibility index (Phi) is 8.79. The van der Waals surface area contributed by atoms with Gasteiger partial charge < -0.3 is 15.6 Å². The fourth-order valence-electron chi connectivity index (χ4n) is 1.68. The van der Waals surface area contributed by atoms with Crippen LogP contribution >= 0.6 is 24.0 Å². The predicted molar refractivity (Wildman–Crippen MR) is 88.9 cm³/mol. The summed E-state index contributed by atoms with van der Waals surface area (Å²) in [4.78, 5) is 4.36. The van der Waals surface area contributed by atoms with Crippen LogP contribution in [0, 0.1) is 0 Å². The molecule has 0 saturated heterocycles. The summed E-state index contributed by atoms with van der Waals surface area (Å²) in [6.07, 6.45) is 2.70. The van der Waals surface area contributed by atoms with Crippen LogP contribution in [0.25, 0.3) is 0 Å². The fraction of sp³-hybridized carbons (Fsp3) is 0.692. The molecule has 1 aromatic heterocycles. The van der Waals surface area contributed by atoms with Crippen LogP contribution in [0.2, 0.25) is 0 Å². The summed E-state index contributed by atoms with van der Waals surface area (Å²) >= 11 is 0. The first-order chi connectivity index (χ1) is 8.62. The van der Waals surface area contributed by atoms with E-state index in [4.69, 9.17) is 10.3 Å². The van der Waals surface area contributed by atoms with Crippen molar-refractivity contribution in [2.75, 3.05) is 0 Å². The monoisotopic (exact) mass is 380 g/mol. The van der Waals surface area contributed by atoms with Gasteiger partial charge in [-0.15, -0.1) is 24.0 Å². The fourth-order valence-corrected chi connectivity index (χ4v) is 1.68. The van der Waals surface area contributed by atoms with Crippen LogP contribution in [0.15, 0.2) is 9.52 Å². The third kappa shape index (κ3) is 5.38. The number of halogens is 1. The van der Waals surface area contributed by atoms with Crippen LogP contribution in [0.3, 0.4) is 0 Å². The third-order valence-electron chi connectivity index (χ3n) is 3.02. The van der Waals surface area contributed by atoms with Gasteiger partial charge in [-0.2, -0.15) is 0 Å². The zero-order valence-electron chi connectivity index (χ0n) is 12.2.